The molecule has 0 aliphatic heterocycles. The van der Waals surface area contributed by atoms with Gasteiger partial charge >= 0.3 is 5.97 Å². The van der Waals surface area contributed by atoms with Crippen LogP contribution >= 0.6 is 0 Å². The molecule has 4 nitrogen and oxygen atoms in total. The van der Waals surface area contributed by atoms with Gasteiger partial charge in [0.1, 0.15) is 15.6 Å². The Hall–Kier alpha value is -1.36. The van der Waals surface area contributed by atoms with E-state index in [1.165, 1.54) is 13.2 Å². The number of benzene rings is 1. The van der Waals surface area contributed by atoms with Crippen molar-refractivity contribution in [1.82, 2.24) is 0 Å². The fourth-order valence-electron chi connectivity index (χ4n) is 1.49. The predicted molar refractivity (Wildman–Crippen MR) is 65.8 cm³/mol. The number of ether oxygens (including phenoxy) is 1. The monoisotopic (exact) mass is 256 g/mol. The summed E-state index contributed by atoms with van der Waals surface area (Å²) in [5.74, 6) is 0.274. The highest BCUT2D eigenvalue weighted by molar-refractivity contribution is 7.90. The van der Waals surface area contributed by atoms with Gasteiger partial charge in [-0.2, -0.15) is 0 Å². The van der Waals surface area contributed by atoms with E-state index in [2.05, 4.69) is 0 Å². The number of para-hydroxylation sites is 1. The Labute approximate surface area is 102 Å². The molecule has 0 aliphatic carbocycles. The van der Waals surface area contributed by atoms with Crippen molar-refractivity contribution in [2.45, 2.75) is 19.8 Å². The van der Waals surface area contributed by atoms with Crippen LogP contribution in [0.5, 0.6) is 5.75 Å². The van der Waals surface area contributed by atoms with E-state index >= 15 is 0 Å². The SMILES string of the molecule is CC(=O)Oc1ccccc1CCCS(C)(=O)=O. The van der Waals surface area contributed by atoms with Crippen molar-refractivity contribution in [1.29, 1.82) is 0 Å². The summed E-state index contributed by atoms with van der Waals surface area (Å²) in [5, 5.41) is 0. The Morgan fingerprint density at radius 3 is 2.53 bits per heavy atom. The molecule has 0 amide bonds. The number of aryl methyl sites for hydroxylation is 1. The number of hydrogen-bond donors (Lipinski definition) is 0. The summed E-state index contributed by atoms with van der Waals surface area (Å²) < 4.78 is 27.0. The van der Waals surface area contributed by atoms with Crippen LogP contribution in [0.2, 0.25) is 0 Å². The van der Waals surface area contributed by atoms with Crippen molar-refractivity contribution < 1.29 is 17.9 Å². The van der Waals surface area contributed by atoms with Gasteiger partial charge in [-0.15, -0.1) is 0 Å². The number of carbonyl (C=O) groups excluding carboxylic acids is 1. The zero-order chi connectivity index (χ0) is 12.9. The molecule has 0 aromatic heterocycles. The van der Waals surface area contributed by atoms with E-state index in [1.807, 2.05) is 12.1 Å². The first-order valence-electron chi connectivity index (χ1n) is 5.32. The van der Waals surface area contributed by atoms with E-state index in [0.29, 0.717) is 18.6 Å². The Morgan fingerprint density at radius 2 is 1.94 bits per heavy atom. The number of hydrogen-bond acceptors (Lipinski definition) is 4. The molecule has 1 aromatic rings. The molecule has 0 fully saturated rings. The van der Waals surface area contributed by atoms with Crippen LogP contribution in [-0.4, -0.2) is 26.4 Å². The van der Waals surface area contributed by atoms with Crippen LogP contribution in [0.1, 0.15) is 18.9 Å². The van der Waals surface area contributed by atoms with Gasteiger partial charge in [-0.05, 0) is 24.5 Å². The smallest absolute Gasteiger partial charge is 0.308 e. The van der Waals surface area contributed by atoms with Gasteiger partial charge in [0.05, 0.1) is 5.75 Å². The second kappa shape index (κ2) is 5.82. The summed E-state index contributed by atoms with van der Waals surface area (Å²) in [6.07, 6.45) is 2.32. The summed E-state index contributed by atoms with van der Waals surface area (Å²) in [4.78, 5) is 10.9. The molecule has 0 aliphatic rings. The van der Waals surface area contributed by atoms with Gasteiger partial charge in [-0.3, -0.25) is 4.79 Å². The molecule has 0 N–H and O–H groups in total. The second-order valence-electron chi connectivity index (χ2n) is 3.93. The molecule has 0 unspecified atom stereocenters. The van der Waals surface area contributed by atoms with Crippen molar-refractivity contribution in [3.8, 4) is 5.75 Å². The number of sulfone groups is 1. The molecule has 17 heavy (non-hydrogen) atoms. The zero-order valence-corrected chi connectivity index (χ0v) is 10.8. The summed E-state index contributed by atoms with van der Waals surface area (Å²) >= 11 is 0. The molecular weight excluding hydrogens is 240 g/mol. The van der Waals surface area contributed by atoms with Crippen molar-refractivity contribution in [2.24, 2.45) is 0 Å². The molecule has 1 aromatic carbocycles. The Bertz CT molecular complexity index is 491. The Balaban J connectivity index is 2.67. The average molecular weight is 256 g/mol. The quantitative estimate of drug-likeness (QED) is 0.593. The first-order valence-corrected chi connectivity index (χ1v) is 7.38. The standard InChI is InChI=1S/C12H16O4S/c1-10(13)16-12-8-4-3-6-11(12)7-5-9-17(2,14)15/h3-4,6,8H,5,7,9H2,1-2H3. The largest absolute Gasteiger partial charge is 0.426 e. The second-order valence-corrected chi connectivity index (χ2v) is 6.19. The maximum atomic E-state index is 11.0. The molecule has 0 heterocycles. The maximum Gasteiger partial charge on any atom is 0.308 e. The molecule has 94 valence electrons. The first kappa shape index (κ1) is 13.7. The molecule has 0 bridgehead atoms. The minimum absolute atomic E-state index is 0.140. The molecule has 0 saturated heterocycles. The fourth-order valence-corrected chi connectivity index (χ4v) is 2.16. The van der Waals surface area contributed by atoms with Gasteiger partial charge in [0.15, 0.2) is 0 Å². The highest BCUT2D eigenvalue weighted by Crippen LogP contribution is 2.19. The summed E-state index contributed by atoms with van der Waals surface area (Å²) in [6, 6.07) is 7.15. The highest BCUT2D eigenvalue weighted by Gasteiger charge is 2.07. The summed E-state index contributed by atoms with van der Waals surface area (Å²) in [5.41, 5.74) is 0.853. The third-order valence-electron chi connectivity index (χ3n) is 2.19. The van der Waals surface area contributed by atoms with Gasteiger partial charge in [0.25, 0.3) is 0 Å². The Kier molecular flexibility index (Phi) is 4.69. The summed E-state index contributed by atoms with van der Waals surface area (Å²) in [7, 11) is -2.94. The van der Waals surface area contributed by atoms with Crippen LogP contribution in [0.15, 0.2) is 24.3 Å². The topological polar surface area (TPSA) is 60.4 Å². The van der Waals surface area contributed by atoms with Gasteiger partial charge in [0.2, 0.25) is 0 Å². The summed E-state index contributed by atoms with van der Waals surface area (Å²) in [6.45, 7) is 1.34. The third-order valence-corrected chi connectivity index (χ3v) is 3.22. The lowest BCUT2D eigenvalue weighted by Crippen LogP contribution is -2.06. The predicted octanol–water partition coefficient (Wildman–Crippen LogP) is 1.59. The normalized spacial score (nSPS) is 11.2. The minimum Gasteiger partial charge on any atom is -0.426 e. The molecule has 1 rings (SSSR count). The van der Waals surface area contributed by atoms with Crippen molar-refractivity contribution in [3.63, 3.8) is 0 Å². The molecular formula is C12H16O4S. The van der Waals surface area contributed by atoms with E-state index in [9.17, 15) is 13.2 Å². The molecule has 0 atom stereocenters. The average Bonchev–Trinajstić information content (AvgIpc) is 2.18. The van der Waals surface area contributed by atoms with E-state index in [1.54, 1.807) is 12.1 Å². The van der Waals surface area contributed by atoms with Gasteiger partial charge in [-0.25, -0.2) is 8.42 Å². The van der Waals surface area contributed by atoms with Crippen LogP contribution in [0.3, 0.4) is 0 Å². The van der Waals surface area contributed by atoms with E-state index in [0.717, 1.165) is 5.56 Å². The Morgan fingerprint density at radius 1 is 1.29 bits per heavy atom. The van der Waals surface area contributed by atoms with Crippen molar-refractivity contribution >= 4 is 15.8 Å². The van der Waals surface area contributed by atoms with Crippen LogP contribution < -0.4 is 4.74 Å². The number of carbonyl (C=O) groups is 1. The minimum atomic E-state index is -2.94. The van der Waals surface area contributed by atoms with Crippen LogP contribution in [0.25, 0.3) is 0 Å². The van der Waals surface area contributed by atoms with Gasteiger partial charge in [0, 0.05) is 13.2 Å². The van der Waals surface area contributed by atoms with Crippen LogP contribution in [-0.2, 0) is 21.1 Å². The lowest BCUT2D eigenvalue weighted by atomic mass is 10.1. The van der Waals surface area contributed by atoms with Crippen molar-refractivity contribution in [3.05, 3.63) is 29.8 Å². The van der Waals surface area contributed by atoms with Crippen LogP contribution in [0.4, 0.5) is 0 Å². The van der Waals surface area contributed by atoms with E-state index in [4.69, 9.17) is 4.74 Å². The maximum absolute atomic E-state index is 11.0. The lowest BCUT2D eigenvalue weighted by molar-refractivity contribution is -0.131. The van der Waals surface area contributed by atoms with E-state index in [-0.39, 0.29) is 11.7 Å². The molecule has 0 saturated carbocycles. The molecule has 5 heteroatoms. The number of esters is 1. The molecule has 0 spiro atoms. The fraction of sp³-hybridized carbons (Fsp3) is 0.417. The van der Waals surface area contributed by atoms with Crippen molar-refractivity contribution in [2.75, 3.05) is 12.0 Å². The van der Waals surface area contributed by atoms with Crippen LogP contribution in [0, 0.1) is 0 Å². The first-order chi connectivity index (χ1) is 7.88. The van der Waals surface area contributed by atoms with Gasteiger partial charge in [-0.1, -0.05) is 18.2 Å². The molecule has 0 radical (unpaired) electrons. The third kappa shape index (κ3) is 5.49. The lowest BCUT2D eigenvalue weighted by Gasteiger charge is -2.08. The van der Waals surface area contributed by atoms with Gasteiger partial charge < -0.3 is 4.74 Å². The highest BCUT2D eigenvalue weighted by atomic mass is 32.2. The van der Waals surface area contributed by atoms with E-state index < -0.39 is 9.84 Å². The number of rotatable bonds is 5. The zero-order valence-electron chi connectivity index (χ0n) is 9.97.